The van der Waals surface area contributed by atoms with E-state index in [1.54, 1.807) is 12.1 Å². The van der Waals surface area contributed by atoms with Gasteiger partial charge in [0.1, 0.15) is 5.75 Å². The van der Waals surface area contributed by atoms with E-state index in [4.69, 9.17) is 26.5 Å². The Morgan fingerprint density at radius 1 is 1.00 bits per heavy atom. The zero-order valence-corrected chi connectivity index (χ0v) is 22.6. The molecule has 2 amide bonds. The summed E-state index contributed by atoms with van der Waals surface area (Å²) in [4.78, 5) is 22.8. The Kier molecular flexibility index (Phi) is 18.9. The zero-order valence-electron chi connectivity index (χ0n) is 21.8. The lowest BCUT2D eigenvalue weighted by atomic mass is 10.1. The lowest BCUT2D eigenvalue weighted by Gasteiger charge is -2.12. The fourth-order valence-electron chi connectivity index (χ4n) is 2.17. The third kappa shape index (κ3) is 13.5. The molecule has 0 radical (unpaired) electrons. The first-order valence-electron chi connectivity index (χ1n) is 11.3. The van der Waals surface area contributed by atoms with Gasteiger partial charge in [0.15, 0.2) is 0 Å². The first-order valence-corrected chi connectivity index (χ1v) is 11.7. The van der Waals surface area contributed by atoms with Crippen LogP contribution in [0.2, 0.25) is 5.02 Å². The third-order valence-corrected chi connectivity index (χ3v) is 4.06. The number of hydrogen-bond acceptors (Lipinski definition) is 5. The number of rotatable bonds is 6. The summed E-state index contributed by atoms with van der Waals surface area (Å²) in [5.74, 6) is 0.116. The molecule has 190 valence electrons. The van der Waals surface area contributed by atoms with Crippen molar-refractivity contribution < 1.29 is 19.1 Å². The normalized spacial score (nSPS) is 9.03. The minimum Gasteiger partial charge on any atom is -0.489 e. The highest BCUT2D eigenvalue weighted by atomic mass is 35.5. The number of ether oxygens (including phenoxy) is 2. The molecule has 0 spiro atoms. The number of methoxy groups -OCH3 is 1. The molecular weight excluding hydrogens is 454 g/mol. The van der Waals surface area contributed by atoms with E-state index in [9.17, 15) is 9.59 Å². The second kappa shape index (κ2) is 19.4. The summed E-state index contributed by atoms with van der Waals surface area (Å²) in [7, 11) is 3.01. The third-order valence-electron chi connectivity index (χ3n) is 3.76. The second-order valence-corrected chi connectivity index (χ2v) is 6.97. The summed E-state index contributed by atoms with van der Waals surface area (Å²) in [6.07, 6.45) is 0.00502. The van der Waals surface area contributed by atoms with Gasteiger partial charge in [-0.25, -0.2) is 0 Å². The van der Waals surface area contributed by atoms with E-state index in [1.807, 2.05) is 72.7 Å². The number of carbonyl (C=O) groups is 2. The molecular formula is C26H40ClN3O4. The second-order valence-electron chi connectivity index (χ2n) is 6.57. The lowest BCUT2D eigenvalue weighted by Crippen LogP contribution is -2.35. The summed E-state index contributed by atoms with van der Waals surface area (Å²) >= 11 is 6.02. The van der Waals surface area contributed by atoms with Crippen molar-refractivity contribution in [3.63, 3.8) is 0 Å². The quantitative estimate of drug-likeness (QED) is 0.359. The molecule has 34 heavy (non-hydrogen) atoms. The van der Waals surface area contributed by atoms with Crippen LogP contribution in [0, 0.1) is 12.3 Å². The number of benzene rings is 2. The van der Waals surface area contributed by atoms with Crippen molar-refractivity contribution >= 4 is 29.3 Å². The van der Waals surface area contributed by atoms with Crippen molar-refractivity contribution in [3.8, 4) is 5.75 Å². The van der Waals surface area contributed by atoms with Crippen LogP contribution in [0.5, 0.6) is 5.75 Å². The van der Waals surface area contributed by atoms with Crippen molar-refractivity contribution in [1.82, 2.24) is 10.6 Å². The molecule has 0 aliphatic rings. The summed E-state index contributed by atoms with van der Waals surface area (Å²) in [5.41, 5.74) is 2.39. The Labute approximate surface area is 209 Å². The van der Waals surface area contributed by atoms with Gasteiger partial charge in [0, 0.05) is 18.2 Å². The van der Waals surface area contributed by atoms with Gasteiger partial charge in [-0.05, 0) is 51.1 Å². The van der Waals surface area contributed by atoms with Gasteiger partial charge in [-0.3, -0.25) is 15.0 Å². The fourth-order valence-corrected chi connectivity index (χ4v) is 2.39. The topological polar surface area (TPSA) is 101 Å². The smallest absolute Gasteiger partial charge is 0.251 e. The molecule has 0 fully saturated rings. The number of hydrogen-bond donors (Lipinski definition) is 3. The predicted molar refractivity (Wildman–Crippen MR) is 141 cm³/mol. The van der Waals surface area contributed by atoms with Crippen LogP contribution in [-0.2, 0) is 9.53 Å². The van der Waals surface area contributed by atoms with E-state index in [2.05, 4.69) is 10.6 Å². The number of aryl methyl sites for hydroxylation is 1. The molecule has 0 aliphatic carbocycles. The first kappa shape index (κ1) is 33.1. The van der Waals surface area contributed by atoms with Crippen molar-refractivity contribution in [2.75, 3.05) is 20.7 Å². The number of likely N-dealkylation sites (N-methyl/N-ethyl adjacent to an activating group) is 1. The Balaban J connectivity index is 0. The summed E-state index contributed by atoms with van der Waals surface area (Å²) in [5, 5.41) is 12.6. The van der Waals surface area contributed by atoms with Crippen LogP contribution in [-0.4, -0.2) is 44.5 Å². The van der Waals surface area contributed by atoms with Crippen molar-refractivity contribution in [2.24, 2.45) is 0 Å². The van der Waals surface area contributed by atoms with Crippen molar-refractivity contribution in [1.29, 1.82) is 5.41 Å². The first-order chi connectivity index (χ1) is 16.2. The number of halogens is 1. The molecule has 0 atom stereocenters. The van der Waals surface area contributed by atoms with Crippen LogP contribution in [0.1, 0.15) is 63.0 Å². The molecule has 0 aliphatic heterocycles. The van der Waals surface area contributed by atoms with Gasteiger partial charge in [-0.1, -0.05) is 57.0 Å². The maximum atomic E-state index is 11.8. The highest BCUT2D eigenvalue weighted by molar-refractivity contribution is 6.32. The van der Waals surface area contributed by atoms with E-state index < -0.39 is 0 Å². The van der Waals surface area contributed by atoms with Crippen LogP contribution in [0.25, 0.3) is 0 Å². The highest BCUT2D eigenvalue weighted by Crippen LogP contribution is 2.26. The molecule has 8 heteroatoms. The highest BCUT2D eigenvalue weighted by Gasteiger charge is 2.11. The van der Waals surface area contributed by atoms with Crippen LogP contribution in [0.3, 0.4) is 0 Å². The van der Waals surface area contributed by atoms with E-state index in [0.717, 1.165) is 5.56 Å². The summed E-state index contributed by atoms with van der Waals surface area (Å²) < 4.78 is 10.2. The molecule has 2 aromatic rings. The van der Waals surface area contributed by atoms with Crippen LogP contribution >= 0.6 is 11.6 Å². The average Bonchev–Trinajstić information content (AvgIpc) is 2.86. The minimum atomic E-state index is -0.360. The van der Waals surface area contributed by atoms with E-state index in [0.29, 0.717) is 16.3 Å². The minimum absolute atomic E-state index is 0.00502. The SMILES string of the molecule is CC.CC.CNC(=O)CNC(=O)c1ccc(OC(C)C)c(Cl)c1.COC(=N)c1ccc(C)cc1. The van der Waals surface area contributed by atoms with Gasteiger partial charge in [0.05, 0.1) is 24.8 Å². The molecule has 0 heterocycles. The average molecular weight is 494 g/mol. The standard InChI is InChI=1S/C13H17ClN2O3.C9H11NO.2C2H6/c1-8(2)19-11-5-4-9(6-10(11)14)13(18)16-7-12(17)15-3;1-7-3-5-8(6-4-7)9(10)11-2;2*1-2/h4-6,8H,7H2,1-3H3,(H,15,17)(H,16,18);3-6,10H,1-2H3;2*1-2H3. The van der Waals surface area contributed by atoms with Crippen molar-refractivity contribution in [3.05, 3.63) is 64.2 Å². The maximum absolute atomic E-state index is 11.8. The molecule has 0 aromatic heterocycles. The molecule has 7 nitrogen and oxygen atoms in total. The predicted octanol–water partition coefficient (Wildman–Crippen LogP) is 5.62. The molecule has 0 unspecified atom stereocenters. The van der Waals surface area contributed by atoms with Gasteiger partial charge in [0.25, 0.3) is 5.91 Å². The van der Waals surface area contributed by atoms with E-state index >= 15 is 0 Å². The van der Waals surface area contributed by atoms with Gasteiger partial charge >= 0.3 is 0 Å². The number of amides is 2. The Morgan fingerprint density at radius 3 is 1.97 bits per heavy atom. The Bertz CT molecular complexity index is 869. The molecule has 2 rings (SSSR count). The van der Waals surface area contributed by atoms with Crippen molar-refractivity contribution in [2.45, 2.75) is 54.6 Å². The summed E-state index contributed by atoms with van der Waals surface area (Å²) in [6, 6.07) is 12.4. The maximum Gasteiger partial charge on any atom is 0.251 e. The van der Waals surface area contributed by atoms with E-state index in [1.165, 1.54) is 25.8 Å². The summed E-state index contributed by atoms with van der Waals surface area (Å²) in [6.45, 7) is 13.7. The van der Waals surface area contributed by atoms with Gasteiger partial charge < -0.3 is 20.1 Å². The molecule has 0 saturated carbocycles. The molecule has 3 N–H and O–H groups in total. The van der Waals surface area contributed by atoms with Gasteiger partial charge in [-0.2, -0.15) is 0 Å². The lowest BCUT2D eigenvalue weighted by molar-refractivity contribution is -0.119. The van der Waals surface area contributed by atoms with Gasteiger partial charge in [0.2, 0.25) is 11.8 Å². The zero-order chi connectivity index (χ0) is 26.7. The largest absolute Gasteiger partial charge is 0.489 e. The van der Waals surface area contributed by atoms with Crippen LogP contribution in [0.4, 0.5) is 0 Å². The fraction of sp³-hybridized carbons (Fsp3) is 0.423. The van der Waals surface area contributed by atoms with E-state index in [-0.39, 0.29) is 30.4 Å². The molecule has 0 saturated heterocycles. The van der Waals surface area contributed by atoms with Gasteiger partial charge in [-0.15, -0.1) is 0 Å². The number of nitrogens with one attached hydrogen (secondary N) is 3. The van der Waals surface area contributed by atoms with Crippen LogP contribution < -0.4 is 15.4 Å². The molecule has 2 aromatic carbocycles. The number of carbonyl (C=O) groups excluding carboxylic acids is 2. The molecule has 0 bridgehead atoms. The van der Waals surface area contributed by atoms with Crippen LogP contribution in [0.15, 0.2) is 42.5 Å². The monoisotopic (exact) mass is 493 g/mol. The Morgan fingerprint density at radius 2 is 1.53 bits per heavy atom. The Hall–Kier alpha value is -3.06.